The van der Waals surface area contributed by atoms with Gasteiger partial charge in [-0.25, -0.2) is 0 Å². The summed E-state index contributed by atoms with van der Waals surface area (Å²) in [5.41, 5.74) is 1.32. The van der Waals surface area contributed by atoms with Gasteiger partial charge in [-0.1, -0.05) is 30.3 Å². The number of morpholine rings is 1. The van der Waals surface area contributed by atoms with Crippen molar-refractivity contribution in [2.24, 2.45) is 5.92 Å². The molecule has 1 aromatic carbocycles. The zero-order chi connectivity index (χ0) is 16.4. The minimum absolute atomic E-state index is 0.319. The summed E-state index contributed by atoms with van der Waals surface area (Å²) in [6.07, 6.45) is 5.31. The minimum atomic E-state index is 0.319. The van der Waals surface area contributed by atoms with Crippen molar-refractivity contribution in [3.63, 3.8) is 0 Å². The Labute approximate surface area is 144 Å². The van der Waals surface area contributed by atoms with Gasteiger partial charge in [0.15, 0.2) is 0 Å². The maximum absolute atomic E-state index is 12.6. The molecule has 2 saturated heterocycles. The molecule has 3 aliphatic rings. The fourth-order valence-electron chi connectivity index (χ4n) is 4.24. The van der Waals surface area contributed by atoms with Crippen molar-refractivity contribution >= 4 is 5.91 Å². The normalized spacial score (nSPS) is 27.8. The van der Waals surface area contributed by atoms with Crippen LogP contribution in [0, 0.1) is 5.92 Å². The largest absolute Gasteiger partial charge is 0.378 e. The zero-order valence-electron chi connectivity index (χ0n) is 14.4. The van der Waals surface area contributed by atoms with Crippen LogP contribution in [-0.4, -0.2) is 60.6 Å². The predicted molar refractivity (Wildman–Crippen MR) is 93.8 cm³/mol. The Morgan fingerprint density at radius 2 is 1.96 bits per heavy atom. The molecule has 0 bridgehead atoms. The summed E-state index contributed by atoms with van der Waals surface area (Å²) in [5.74, 6) is 1.17. The molecule has 130 valence electrons. The highest BCUT2D eigenvalue weighted by Gasteiger charge is 2.43. The molecule has 2 aliphatic heterocycles. The molecule has 4 rings (SSSR count). The molecule has 4 nitrogen and oxygen atoms in total. The summed E-state index contributed by atoms with van der Waals surface area (Å²) in [4.78, 5) is 17.3. The number of aryl methyl sites for hydroxylation is 1. The number of amides is 1. The van der Waals surface area contributed by atoms with Crippen molar-refractivity contribution < 1.29 is 9.53 Å². The van der Waals surface area contributed by atoms with Gasteiger partial charge in [-0.05, 0) is 37.2 Å². The third kappa shape index (κ3) is 3.65. The van der Waals surface area contributed by atoms with Crippen LogP contribution in [0.1, 0.15) is 31.2 Å². The first kappa shape index (κ1) is 16.1. The van der Waals surface area contributed by atoms with Crippen molar-refractivity contribution in [1.29, 1.82) is 0 Å². The molecule has 3 fully saturated rings. The number of hydrogen-bond acceptors (Lipinski definition) is 3. The minimum Gasteiger partial charge on any atom is -0.378 e. The van der Waals surface area contributed by atoms with E-state index in [0.717, 1.165) is 51.6 Å². The molecular weight excluding hydrogens is 300 g/mol. The Balaban J connectivity index is 1.26. The van der Waals surface area contributed by atoms with E-state index in [0.29, 0.717) is 24.4 Å². The number of nitrogens with zero attached hydrogens (tertiary/aromatic N) is 2. The van der Waals surface area contributed by atoms with E-state index < -0.39 is 0 Å². The van der Waals surface area contributed by atoms with E-state index in [9.17, 15) is 4.79 Å². The van der Waals surface area contributed by atoms with E-state index in [4.69, 9.17) is 4.74 Å². The SMILES string of the molecule is O=C(CCCc1ccccc1)N1CCN2[C@@H](COC[C@@H]2C2CC2)C1. The van der Waals surface area contributed by atoms with Crippen LogP contribution >= 0.6 is 0 Å². The second kappa shape index (κ2) is 7.24. The van der Waals surface area contributed by atoms with Crippen molar-refractivity contribution in [2.75, 3.05) is 32.8 Å². The van der Waals surface area contributed by atoms with Crippen LogP contribution < -0.4 is 0 Å². The van der Waals surface area contributed by atoms with E-state index in [1.807, 2.05) is 6.07 Å². The molecule has 1 aliphatic carbocycles. The molecule has 1 amide bonds. The summed E-state index contributed by atoms with van der Waals surface area (Å²) in [6.45, 7) is 4.46. The highest BCUT2D eigenvalue weighted by molar-refractivity contribution is 5.76. The second-order valence-electron chi connectivity index (χ2n) is 7.51. The summed E-state index contributed by atoms with van der Waals surface area (Å²) in [6, 6.07) is 11.5. The number of hydrogen-bond donors (Lipinski definition) is 0. The summed E-state index contributed by atoms with van der Waals surface area (Å²) >= 11 is 0. The van der Waals surface area contributed by atoms with E-state index in [2.05, 4.69) is 34.1 Å². The highest BCUT2D eigenvalue weighted by Crippen LogP contribution is 2.38. The third-order valence-electron chi connectivity index (χ3n) is 5.77. The van der Waals surface area contributed by atoms with Crippen LogP contribution in [0.2, 0.25) is 0 Å². The maximum atomic E-state index is 12.6. The quantitative estimate of drug-likeness (QED) is 0.832. The van der Waals surface area contributed by atoms with Gasteiger partial charge in [0.2, 0.25) is 5.91 Å². The van der Waals surface area contributed by atoms with Gasteiger partial charge in [0.05, 0.1) is 19.3 Å². The Bertz CT molecular complexity index is 558. The van der Waals surface area contributed by atoms with Gasteiger partial charge >= 0.3 is 0 Å². The molecule has 0 unspecified atom stereocenters. The molecule has 24 heavy (non-hydrogen) atoms. The lowest BCUT2D eigenvalue weighted by Crippen LogP contribution is -2.63. The van der Waals surface area contributed by atoms with Crippen LogP contribution in [0.5, 0.6) is 0 Å². The number of rotatable bonds is 5. The van der Waals surface area contributed by atoms with Crippen LogP contribution in [0.3, 0.4) is 0 Å². The molecule has 4 heteroatoms. The Morgan fingerprint density at radius 3 is 2.75 bits per heavy atom. The average molecular weight is 328 g/mol. The summed E-state index contributed by atoms with van der Waals surface area (Å²) in [7, 11) is 0. The van der Waals surface area contributed by atoms with Gasteiger partial charge in [-0.15, -0.1) is 0 Å². The molecule has 0 N–H and O–H groups in total. The molecule has 1 aromatic rings. The van der Waals surface area contributed by atoms with Gasteiger partial charge in [-0.3, -0.25) is 9.69 Å². The highest BCUT2D eigenvalue weighted by atomic mass is 16.5. The lowest BCUT2D eigenvalue weighted by atomic mass is 10.0. The number of benzene rings is 1. The monoisotopic (exact) mass is 328 g/mol. The average Bonchev–Trinajstić information content (AvgIpc) is 3.46. The summed E-state index contributed by atoms with van der Waals surface area (Å²) < 4.78 is 5.84. The first-order valence-electron chi connectivity index (χ1n) is 9.46. The van der Waals surface area contributed by atoms with Gasteiger partial charge in [0.25, 0.3) is 0 Å². The van der Waals surface area contributed by atoms with Crippen LogP contribution in [0.4, 0.5) is 0 Å². The van der Waals surface area contributed by atoms with Crippen LogP contribution in [0.25, 0.3) is 0 Å². The predicted octanol–water partition coefficient (Wildman–Crippen LogP) is 2.33. The number of carbonyl (C=O) groups is 1. The standard InChI is InChI=1S/C20H28N2O2/c23-20(8-4-7-16-5-2-1-3-6-16)21-11-12-22-18(13-21)14-24-15-19(22)17-9-10-17/h1-3,5-6,17-19H,4,7-15H2/t18-,19-/m1/s1. The van der Waals surface area contributed by atoms with E-state index >= 15 is 0 Å². The molecule has 0 aromatic heterocycles. The molecule has 0 radical (unpaired) electrons. The molecule has 2 atom stereocenters. The zero-order valence-corrected chi connectivity index (χ0v) is 14.4. The lowest BCUT2D eigenvalue weighted by Gasteiger charge is -2.48. The van der Waals surface area contributed by atoms with Crippen LogP contribution in [0.15, 0.2) is 30.3 Å². The van der Waals surface area contributed by atoms with Crippen LogP contribution in [-0.2, 0) is 16.0 Å². The number of piperazine rings is 1. The Morgan fingerprint density at radius 1 is 1.12 bits per heavy atom. The second-order valence-corrected chi connectivity index (χ2v) is 7.51. The first-order valence-corrected chi connectivity index (χ1v) is 9.46. The van der Waals surface area contributed by atoms with Crippen molar-refractivity contribution in [2.45, 2.75) is 44.2 Å². The van der Waals surface area contributed by atoms with Crippen molar-refractivity contribution in [1.82, 2.24) is 9.80 Å². The molecular formula is C20H28N2O2. The lowest BCUT2D eigenvalue weighted by molar-refractivity contribution is -0.140. The van der Waals surface area contributed by atoms with Gasteiger partial charge in [0, 0.05) is 32.1 Å². The van der Waals surface area contributed by atoms with E-state index in [1.54, 1.807) is 0 Å². The first-order chi connectivity index (χ1) is 11.8. The smallest absolute Gasteiger partial charge is 0.222 e. The van der Waals surface area contributed by atoms with Crippen molar-refractivity contribution in [3.05, 3.63) is 35.9 Å². The molecule has 1 saturated carbocycles. The number of ether oxygens (including phenoxy) is 1. The number of carbonyl (C=O) groups excluding carboxylic acids is 1. The molecule has 0 spiro atoms. The topological polar surface area (TPSA) is 32.8 Å². The maximum Gasteiger partial charge on any atom is 0.222 e. The summed E-state index contributed by atoms with van der Waals surface area (Å²) in [5, 5.41) is 0. The Kier molecular flexibility index (Phi) is 4.86. The fraction of sp³-hybridized carbons (Fsp3) is 0.650. The number of fused-ring (bicyclic) bond motifs is 1. The van der Waals surface area contributed by atoms with E-state index in [1.165, 1.54) is 18.4 Å². The Hall–Kier alpha value is -1.39. The fourth-order valence-corrected chi connectivity index (χ4v) is 4.24. The van der Waals surface area contributed by atoms with E-state index in [-0.39, 0.29) is 0 Å². The van der Waals surface area contributed by atoms with Crippen molar-refractivity contribution in [3.8, 4) is 0 Å². The third-order valence-corrected chi connectivity index (χ3v) is 5.77. The van der Waals surface area contributed by atoms with Gasteiger partial charge in [0.1, 0.15) is 0 Å². The molecule has 2 heterocycles. The van der Waals surface area contributed by atoms with Gasteiger partial charge < -0.3 is 9.64 Å². The van der Waals surface area contributed by atoms with Gasteiger partial charge in [-0.2, -0.15) is 0 Å².